The minimum Gasteiger partial charge on any atom is -0.340 e. The first-order chi connectivity index (χ1) is 11.5. The van der Waals surface area contributed by atoms with E-state index in [0.29, 0.717) is 23.8 Å². The molecule has 0 aromatic carbocycles. The predicted molar refractivity (Wildman–Crippen MR) is 95.6 cm³/mol. The molecule has 6 heteroatoms. The highest BCUT2D eigenvalue weighted by molar-refractivity contribution is 7.91. The lowest BCUT2D eigenvalue weighted by molar-refractivity contribution is -0.133. The fourth-order valence-electron chi connectivity index (χ4n) is 4.58. The minimum atomic E-state index is -2.82. The SMILES string of the molecule is O=C(CCCC1CCCCC1)N1CCN([C@H]2CCS(=O)(=O)C2)CC1. The van der Waals surface area contributed by atoms with Crippen molar-refractivity contribution in [2.45, 2.75) is 63.8 Å². The lowest BCUT2D eigenvalue weighted by atomic mass is 9.86. The molecule has 2 saturated heterocycles. The molecule has 24 heavy (non-hydrogen) atoms. The van der Waals surface area contributed by atoms with Crippen LogP contribution in [0.1, 0.15) is 57.8 Å². The summed E-state index contributed by atoms with van der Waals surface area (Å²) in [5, 5.41) is 0. The minimum absolute atomic E-state index is 0.179. The van der Waals surface area contributed by atoms with E-state index < -0.39 is 9.84 Å². The molecular formula is C18H32N2O3S. The normalized spacial score (nSPS) is 29.0. The fourth-order valence-corrected chi connectivity index (χ4v) is 6.34. The molecule has 0 bridgehead atoms. The summed E-state index contributed by atoms with van der Waals surface area (Å²) in [6, 6.07) is 0.179. The molecule has 0 aromatic heterocycles. The van der Waals surface area contributed by atoms with Gasteiger partial charge in [0.1, 0.15) is 0 Å². The van der Waals surface area contributed by atoms with Crippen molar-refractivity contribution in [1.29, 1.82) is 0 Å². The first kappa shape index (κ1) is 18.2. The average Bonchev–Trinajstić information content (AvgIpc) is 2.96. The largest absolute Gasteiger partial charge is 0.340 e. The number of carbonyl (C=O) groups is 1. The summed E-state index contributed by atoms with van der Waals surface area (Å²) in [6.45, 7) is 3.18. The van der Waals surface area contributed by atoms with Gasteiger partial charge in [0, 0.05) is 38.6 Å². The molecular weight excluding hydrogens is 324 g/mol. The van der Waals surface area contributed by atoms with Gasteiger partial charge in [0.2, 0.25) is 5.91 Å². The van der Waals surface area contributed by atoms with Crippen LogP contribution < -0.4 is 0 Å². The number of hydrogen-bond acceptors (Lipinski definition) is 4. The zero-order chi connectivity index (χ0) is 17.0. The van der Waals surface area contributed by atoms with Crippen LogP contribution in [0.3, 0.4) is 0 Å². The van der Waals surface area contributed by atoms with Crippen LogP contribution in [0.2, 0.25) is 0 Å². The predicted octanol–water partition coefficient (Wildman–Crippen LogP) is 2.07. The van der Waals surface area contributed by atoms with E-state index in [-0.39, 0.29) is 6.04 Å². The van der Waals surface area contributed by atoms with E-state index in [2.05, 4.69) is 4.90 Å². The van der Waals surface area contributed by atoms with Gasteiger partial charge in [-0.1, -0.05) is 32.1 Å². The van der Waals surface area contributed by atoms with E-state index in [4.69, 9.17) is 0 Å². The van der Waals surface area contributed by atoms with Gasteiger partial charge in [-0.05, 0) is 25.2 Å². The van der Waals surface area contributed by atoms with Crippen LogP contribution in [0.4, 0.5) is 0 Å². The number of hydrogen-bond donors (Lipinski definition) is 0. The quantitative estimate of drug-likeness (QED) is 0.757. The van der Waals surface area contributed by atoms with Crippen LogP contribution in [-0.4, -0.2) is 67.9 Å². The average molecular weight is 357 g/mol. The van der Waals surface area contributed by atoms with Crippen molar-refractivity contribution in [3.8, 4) is 0 Å². The zero-order valence-corrected chi connectivity index (χ0v) is 15.6. The van der Waals surface area contributed by atoms with E-state index >= 15 is 0 Å². The van der Waals surface area contributed by atoms with Crippen molar-refractivity contribution >= 4 is 15.7 Å². The van der Waals surface area contributed by atoms with Gasteiger partial charge in [0.05, 0.1) is 11.5 Å². The van der Waals surface area contributed by atoms with E-state index in [1.807, 2.05) is 4.90 Å². The molecule has 0 unspecified atom stereocenters. The van der Waals surface area contributed by atoms with Crippen LogP contribution >= 0.6 is 0 Å². The maximum atomic E-state index is 12.4. The lowest BCUT2D eigenvalue weighted by Crippen LogP contribution is -2.52. The molecule has 138 valence electrons. The van der Waals surface area contributed by atoms with E-state index in [9.17, 15) is 13.2 Å². The van der Waals surface area contributed by atoms with Gasteiger partial charge in [-0.2, -0.15) is 0 Å². The molecule has 0 radical (unpaired) electrons. The van der Waals surface area contributed by atoms with Gasteiger partial charge in [-0.25, -0.2) is 8.42 Å². The van der Waals surface area contributed by atoms with Gasteiger partial charge in [0.25, 0.3) is 0 Å². The van der Waals surface area contributed by atoms with Gasteiger partial charge in [-0.3, -0.25) is 9.69 Å². The fraction of sp³-hybridized carbons (Fsp3) is 0.944. The molecule has 3 fully saturated rings. The Balaban J connectivity index is 1.34. The zero-order valence-electron chi connectivity index (χ0n) is 14.8. The van der Waals surface area contributed by atoms with Crippen LogP contribution in [0.15, 0.2) is 0 Å². The summed E-state index contributed by atoms with van der Waals surface area (Å²) in [6.07, 6.45) is 10.5. The molecule has 3 aliphatic rings. The first-order valence-corrected chi connectivity index (χ1v) is 11.6. The summed E-state index contributed by atoms with van der Waals surface area (Å²) in [7, 11) is -2.82. The van der Waals surface area contributed by atoms with Gasteiger partial charge in [-0.15, -0.1) is 0 Å². The third kappa shape index (κ3) is 4.94. The molecule has 0 N–H and O–H groups in total. The second-order valence-electron chi connectivity index (χ2n) is 7.87. The number of amides is 1. The molecule has 3 rings (SSSR count). The van der Waals surface area contributed by atoms with Gasteiger partial charge < -0.3 is 4.90 Å². The maximum absolute atomic E-state index is 12.4. The molecule has 1 amide bonds. The Kier molecular flexibility index (Phi) is 6.19. The molecule has 1 aliphatic carbocycles. The Morgan fingerprint density at radius 2 is 1.67 bits per heavy atom. The number of piperazine rings is 1. The second-order valence-corrected chi connectivity index (χ2v) is 10.1. The standard InChI is InChI=1S/C18H32N2O3S/c21-18(8-4-7-16-5-2-1-3-6-16)20-12-10-19(11-13-20)17-9-14-24(22,23)15-17/h16-17H,1-15H2/t17-/m0/s1. The van der Waals surface area contributed by atoms with E-state index in [1.54, 1.807) is 0 Å². The third-order valence-electron chi connectivity index (χ3n) is 6.12. The van der Waals surface area contributed by atoms with Crippen molar-refractivity contribution in [2.24, 2.45) is 5.92 Å². The topological polar surface area (TPSA) is 57.7 Å². The Morgan fingerprint density at radius 1 is 0.958 bits per heavy atom. The molecule has 5 nitrogen and oxygen atoms in total. The summed E-state index contributed by atoms with van der Waals surface area (Å²) in [5.41, 5.74) is 0. The highest BCUT2D eigenvalue weighted by atomic mass is 32.2. The maximum Gasteiger partial charge on any atom is 0.222 e. The Bertz CT molecular complexity index is 520. The van der Waals surface area contributed by atoms with E-state index in [0.717, 1.165) is 44.9 Å². The summed E-state index contributed by atoms with van der Waals surface area (Å²) in [4.78, 5) is 16.6. The van der Waals surface area contributed by atoms with Crippen molar-refractivity contribution in [3.05, 3.63) is 0 Å². The molecule has 1 saturated carbocycles. The number of carbonyl (C=O) groups excluding carboxylic acids is 1. The third-order valence-corrected chi connectivity index (χ3v) is 7.87. The Labute approximate surface area is 146 Å². The number of rotatable bonds is 5. The molecule has 2 heterocycles. The van der Waals surface area contributed by atoms with Crippen LogP contribution in [0.25, 0.3) is 0 Å². The number of nitrogens with zero attached hydrogens (tertiary/aromatic N) is 2. The Morgan fingerprint density at radius 3 is 2.29 bits per heavy atom. The monoisotopic (exact) mass is 356 g/mol. The first-order valence-electron chi connectivity index (χ1n) is 9.76. The summed E-state index contributed by atoms with van der Waals surface area (Å²) < 4.78 is 23.2. The highest BCUT2D eigenvalue weighted by Gasteiger charge is 2.34. The smallest absolute Gasteiger partial charge is 0.222 e. The Hall–Kier alpha value is -0.620. The van der Waals surface area contributed by atoms with Crippen molar-refractivity contribution in [3.63, 3.8) is 0 Å². The van der Waals surface area contributed by atoms with Crippen molar-refractivity contribution < 1.29 is 13.2 Å². The van der Waals surface area contributed by atoms with E-state index in [1.165, 1.54) is 38.5 Å². The second kappa shape index (κ2) is 8.17. The number of sulfone groups is 1. The molecule has 2 aliphatic heterocycles. The van der Waals surface area contributed by atoms with Gasteiger partial charge in [0.15, 0.2) is 9.84 Å². The summed E-state index contributed by atoms with van der Waals surface area (Å²) in [5.74, 6) is 1.79. The molecule has 0 spiro atoms. The van der Waals surface area contributed by atoms with Crippen LogP contribution in [0.5, 0.6) is 0 Å². The summed E-state index contributed by atoms with van der Waals surface area (Å²) >= 11 is 0. The lowest BCUT2D eigenvalue weighted by Gasteiger charge is -2.37. The van der Waals surface area contributed by atoms with Crippen molar-refractivity contribution in [2.75, 3.05) is 37.7 Å². The van der Waals surface area contributed by atoms with Crippen molar-refractivity contribution in [1.82, 2.24) is 9.80 Å². The molecule has 0 aromatic rings. The van der Waals surface area contributed by atoms with Crippen LogP contribution in [0, 0.1) is 5.92 Å². The molecule has 1 atom stereocenters. The van der Waals surface area contributed by atoms with Gasteiger partial charge >= 0.3 is 0 Å². The van der Waals surface area contributed by atoms with Crippen LogP contribution in [-0.2, 0) is 14.6 Å². The highest BCUT2D eigenvalue weighted by Crippen LogP contribution is 2.28.